The van der Waals surface area contributed by atoms with Crippen molar-refractivity contribution in [2.75, 3.05) is 19.8 Å². The maximum absolute atomic E-state index is 12.7. The molecule has 0 rings (SSSR count). The van der Waals surface area contributed by atoms with Crippen molar-refractivity contribution in [3.63, 3.8) is 0 Å². The zero-order valence-corrected chi connectivity index (χ0v) is 38.4. The molecule has 12 heteroatoms. The molecular formula is C48H84NO10P. The lowest BCUT2D eigenvalue weighted by Gasteiger charge is -2.20. The Hall–Kier alpha value is -2.82. The maximum Gasteiger partial charge on any atom is 0.472 e. The summed E-state index contributed by atoms with van der Waals surface area (Å²) in [5, 5.41) is 8.90. The number of rotatable bonds is 43. The first kappa shape index (κ1) is 57.2. The third kappa shape index (κ3) is 41.9. The number of esters is 2. The Morgan fingerprint density at radius 1 is 0.533 bits per heavy atom. The van der Waals surface area contributed by atoms with E-state index in [1.807, 2.05) is 0 Å². The number of hydrogen-bond acceptors (Lipinski definition) is 9. The third-order valence-electron chi connectivity index (χ3n) is 9.78. The van der Waals surface area contributed by atoms with E-state index in [4.69, 9.17) is 24.8 Å². The Morgan fingerprint density at radius 2 is 0.933 bits per heavy atom. The zero-order chi connectivity index (χ0) is 44.2. The Bertz CT molecular complexity index is 1250. The number of hydrogen-bond donors (Lipinski definition) is 3. The molecule has 0 fully saturated rings. The molecule has 0 spiro atoms. The fraction of sp³-hybridized carbons (Fsp3) is 0.729. The van der Waals surface area contributed by atoms with Crippen LogP contribution in [0.15, 0.2) is 60.8 Å². The number of phosphoric acid groups is 1. The molecule has 0 aromatic heterocycles. The van der Waals surface area contributed by atoms with Crippen LogP contribution < -0.4 is 5.73 Å². The normalized spacial score (nSPS) is 14.2. The van der Waals surface area contributed by atoms with Crippen LogP contribution in [0.3, 0.4) is 0 Å². The highest BCUT2D eigenvalue weighted by Crippen LogP contribution is 2.43. The van der Waals surface area contributed by atoms with Crippen LogP contribution in [-0.4, -0.2) is 59.9 Å². The molecule has 0 saturated heterocycles. The number of carbonyl (C=O) groups excluding carboxylic acids is 2. The second-order valence-electron chi connectivity index (χ2n) is 15.5. The lowest BCUT2D eigenvalue weighted by Crippen LogP contribution is -2.34. The van der Waals surface area contributed by atoms with E-state index in [1.54, 1.807) is 0 Å². The lowest BCUT2D eigenvalue weighted by molar-refractivity contribution is -0.161. The molecule has 11 nitrogen and oxygen atoms in total. The average molecular weight is 866 g/mol. The number of unbranched alkanes of at least 4 members (excludes halogenated alkanes) is 19. The molecule has 0 aliphatic carbocycles. The Labute approximate surface area is 364 Å². The van der Waals surface area contributed by atoms with Gasteiger partial charge in [0.25, 0.3) is 0 Å². The van der Waals surface area contributed by atoms with Crippen LogP contribution in [0.2, 0.25) is 0 Å². The quantitative estimate of drug-likeness (QED) is 0.0230. The van der Waals surface area contributed by atoms with Crippen molar-refractivity contribution in [3.05, 3.63) is 60.8 Å². The van der Waals surface area contributed by atoms with E-state index >= 15 is 0 Å². The largest absolute Gasteiger partial charge is 0.480 e. The first-order valence-electron chi connectivity index (χ1n) is 23.3. The molecule has 0 saturated carbocycles. The second-order valence-corrected chi connectivity index (χ2v) is 17.0. The minimum atomic E-state index is -4.73. The fourth-order valence-corrected chi connectivity index (χ4v) is 6.93. The van der Waals surface area contributed by atoms with E-state index in [2.05, 4.69) is 79.1 Å². The maximum atomic E-state index is 12.7. The van der Waals surface area contributed by atoms with Gasteiger partial charge in [0.1, 0.15) is 12.6 Å². The molecular weight excluding hydrogens is 781 g/mol. The van der Waals surface area contributed by atoms with Gasteiger partial charge in [0.15, 0.2) is 6.10 Å². The Kier molecular flexibility index (Phi) is 40.8. The molecule has 60 heavy (non-hydrogen) atoms. The van der Waals surface area contributed by atoms with Crippen LogP contribution >= 0.6 is 7.82 Å². The molecule has 0 aliphatic heterocycles. The van der Waals surface area contributed by atoms with Gasteiger partial charge in [-0.1, -0.05) is 184 Å². The minimum Gasteiger partial charge on any atom is -0.480 e. The van der Waals surface area contributed by atoms with E-state index in [0.717, 1.165) is 70.6 Å². The summed E-state index contributed by atoms with van der Waals surface area (Å²) in [4.78, 5) is 46.1. The summed E-state index contributed by atoms with van der Waals surface area (Å²) in [5.41, 5.74) is 5.34. The average Bonchev–Trinajstić information content (AvgIpc) is 3.22. The summed E-state index contributed by atoms with van der Waals surface area (Å²) in [6, 6.07) is -1.53. The molecule has 0 aromatic carbocycles. The molecule has 0 aromatic rings. The van der Waals surface area contributed by atoms with Crippen molar-refractivity contribution in [1.29, 1.82) is 0 Å². The van der Waals surface area contributed by atoms with Gasteiger partial charge in [-0.3, -0.25) is 23.4 Å². The van der Waals surface area contributed by atoms with Crippen molar-refractivity contribution in [1.82, 2.24) is 0 Å². The van der Waals surface area contributed by atoms with Gasteiger partial charge in [-0.05, 0) is 57.8 Å². The van der Waals surface area contributed by atoms with Gasteiger partial charge in [0.2, 0.25) is 0 Å². The molecule has 1 unspecified atom stereocenters. The molecule has 0 bridgehead atoms. The van der Waals surface area contributed by atoms with E-state index in [-0.39, 0.29) is 19.4 Å². The summed E-state index contributed by atoms with van der Waals surface area (Å²) in [7, 11) is -4.73. The fourth-order valence-electron chi connectivity index (χ4n) is 6.15. The van der Waals surface area contributed by atoms with E-state index in [9.17, 15) is 23.8 Å². The van der Waals surface area contributed by atoms with Crippen LogP contribution in [0, 0.1) is 0 Å². The molecule has 346 valence electrons. The number of allylic oxidation sites excluding steroid dienone is 10. The number of carbonyl (C=O) groups is 3. The highest BCUT2D eigenvalue weighted by atomic mass is 31.2. The highest BCUT2D eigenvalue weighted by Gasteiger charge is 2.28. The monoisotopic (exact) mass is 866 g/mol. The highest BCUT2D eigenvalue weighted by molar-refractivity contribution is 7.47. The standard InChI is InChI=1S/C48H84NO10P/c1-3-5-7-9-11-13-15-17-19-21-22-24-25-27-29-31-33-35-37-39-46(50)56-41-44(42-57-60(54,55)58-43-45(49)48(52)53)59-47(51)40-38-36-34-32-30-28-26-23-20-18-16-14-12-10-8-6-4-2/h5,7,11,13,17,19,22,24,27,29,44-45H,3-4,6,8-10,12,14-16,18,20-21,23,25-26,28,30-43,49H2,1-2H3,(H,52,53)(H,54,55)/b7-5+,13-11+,19-17+,24-22+,29-27+/t44-,45+/m1/s1. The second kappa shape index (κ2) is 42.9. The minimum absolute atomic E-state index is 0.154. The number of carboxylic acid groups (broad SMARTS) is 1. The Balaban J connectivity index is 4.37. The smallest absolute Gasteiger partial charge is 0.472 e. The molecule has 0 heterocycles. The molecule has 0 aliphatic rings. The lowest BCUT2D eigenvalue weighted by atomic mass is 10.0. The number of phosphoric ester groups is 1. The molecule has 3 atom stereocenters. The first-order valence-corrected chi connectivity index (χ1v) is 24.8. The van der Waals surface area contributed by atoms with Gasteiger partial charge in [-0.15, -0.1) is 0 Å². The van der Waals surface area contributed by atoms with Gasteiger partial charge in [0.05, 0.1) is 13.2 Å². The Morgan fingerprint density at radius 3 is 1.40 bits per heavy atom. The molecule has 0 radical (unpaired) electrons. The topological polar surface area (TPSA) is 172 Å². The zero-order valence-electron chi connectivity index (χ0n) is 37.5. The van der Waals surface area contributed by atoms with Crippen molar-refractivity contribution in [3.8, 4) is 0 Å². The van der Waals surface area contributed by atoms with Crippen molar-refractivity contribution >= 4 is 25.7 Å². The predicted octanol–water partition coefficient (Wildman–Crippen LogP) is 12.7. The number of nitrogens with two attached hydrogens (primary N) is 1. The van der Waals surface area contributed by atoms with Crippen molar-refractivity contribution in [2.45, 2.75) is 206 Å². The van der Waals surface area contributed by atoms with Gasteiger partial charge >= 0.3 is 25.7 Å². The molecule has 0 amide bonds. The summed E-state index contributed by atoms with van der Waals surface area (Å²) >= 11 is 0. The van der Waals surface area contributed by atoms with Crippen molar-refractivity contribution in [2.24, 2.45) is 5.73 Å². The van der Waals surface area contributed by atoms with Crippen LogP contribution in [0.1, 0.15) is 194 Å². The van der Waals surface area contributed by atoms with Crippen LogP contribution in [0.25, 0.3) is 0 Å². The number of ether oxygens (including phenoxy) is 2. The van der Waals surface area contributed by atoms with E-state index in [0.29, 0.717) is 12.8 Å². The number of carboxylic acids is 1. The van der Waals surface area contributed by atoms with Crippen LogP contribution in [-0.2, 0) is 37.5 Å². The summed E-state index contributed by atoms with van der Waals surface area (Å²) in [6.45, 7) is 2.67. The SMILES string of the molecule is CC/C=C/C/C=C/C/C=C/C/C=C/C/C=C/CCCCCC(=O)OC[C@H](COP(=O)(O)OC[C@H](N)C(=O)O)OC(=O)CCCCCCCCCCCCCCCCCCC. The first-order chi connectivity index (χ1) is 29.1. The van der Waals surface area contributed by atoms with E-state index < -0.39 is 51.1 Å². The third-order valence-corrected chi connectivity index (χ3v) is 10.7. The number of aliphatic carboxylic acids is 1. The van der Waals surface area contributed by atoms with E-state index in [1.165, 1.54) is 83.5 Å². The summed E-state index contributed by atoms with van der Waals surface area (Å²) < 4.78 is 32.7. The molecule has 4 N–H and O–H groups in total. The van der Waals surface area contributed by atoms with Gasteiger partial charge < -0.3 is 25.2 Å². The van der Waals surface area contributed by atoms with Gasteiger partial charge in [0, 0.05) is 12.8 Å². The van der Waals surface area contributed by atoms with Crippen LogP contribution in [0.5, 0.6) is 0 Å². The van der Waals surface area contributed by atoms with Crippen LogP contribution in [0.4, 0.5) is 0 Å². The predicted molar refractivity (Wildman–Crippen MR) is 245 cm³/mol. The summed E-state index contributed by atoms with van der Waals surface area (Å²) in [5.74, 6) is -2.42. The van der Waals surface area contributed by atoms with Gasteiger partial charge in [-0.2, -0.15) is 0 Å². The van der Waals surface area contributed by atoms with Crippen molar-refractivity contribution < 1.29 is 47.5 Å². The van der Waals surface area contributed by atoms with Gasteiger partial charge in [-0.25, -0.2) is 4.57 Å². The summed E-state index contributed by atoms with van der Waals surface area (Å²) in [6.07, 6.45) is 49.9.